The number of hydrogen-bond acceptors (Lipinski definition) is 6. The fourth-order valence-corrected chi connectivity index (χ4v) is 3.62. The molecule has 0 amide bonds. The van der Waals surface area contributed by atoms with E-state index in [9.17, 15) is 4.79 Å². The average Bonchev–Trinajstić information content (AvgIpc) is 3.08. The normalized spacial score (nSPS) is 11.2. The maximum absolute atomic E-state index is 13.0. The van der Waals surface area contributed by atoms with Crippen LogP contribution in [0, 0.1) is 0 Å². The van der Waals surface area contributed by atoms with Crippen molar-refractivity contribution in [3.8, 4) is 11.4 Å². The van der Waals surface area contributed by atoms with Crippen molar-refractivity contribution in [1.29, 1.82) is 0 Å². The molecule has 4 aromatic rings. The van der Waals surface area contributed by atoms with Crippen LogP contribution in [0.25, 0.3) is 27.9 Å². The summed E-state index contributed by atoms with van der Waals surface area (Å²) >= 11 is 0. The van der Waals surface area contributed by atoms with Crippen molar-refractivity contribution in [3.05, 3.63) is 54.1 Å². The van der Waals surface area contributed by atoms with Gasteiger partial charge in [0, 0.05) is 5.69 Å². The highest BCUT2D eigenvalue weighted by molar-refractivity contribution is 6.09. The molecule has 2 heterocycles. The number of anilines is 1. The number of carbonyl (C=O) groups is 1. The Hall–Kier alpha value is -3.61. The van der Waals surface area contributed by atoms with E-state index < -0.39 is 5.97 Å². The quantitative estimate of drug-likeness (QED) is 0.323. The molecule has 0 atom stereocenters. The molecule has 0 aliphatic rings. The van der Waals surface area contributed by atoms with Gasteiger partial charge in [-0.05, 0) is 42.8 Å². The smallest absolute Gasteiger partial charge is 0.344 e. The van der Waals surface area contributed by atoms with E-state index in [1.807, 2.05) is 48.5 Å². The Balaban J connectivity index is 1.81. The number of carbonyl (C=O) groups excluding carboxylic acids is 1. The zero-order valence-corrected chi connectivity index (χ0v) is 17.8. The van der Waals surface area contributed by atoms with Crippen molar-refractivity contribution in [2.24, 2.45) is 0 Å². The Morgan fingerprint density at radius 3 is 2.39 bits per heavy atom. The third kappa shape index (κ3) is 4.03. The molecule has 160 valence electrons. The summed E-state index contributed by atoms with van der Waals surface area (Å²) in [6.45, 7) is 2.50. The lowest BCUT2D eigenvalue weighted by Crippen LogP contribution is -2.10. The summed E-state index contributed by atoms with van der Waals surface area (Å²) in [6.07, 6.45) is 4.09. The molecule has 2 N–H and O–H groups in total. The van der Waals surface area contributed by atoms with E-state index in [1.54, 1.807) is 11.7 Å². The number of esters is 1. The van der Waals surface area contributed by atoms with Gasteiger partial charge in [-0.2, -0.15) is 0 Å². The van der Waals surface area contributed by atoms with Crippen LogP contribution in [-0.4, -0.2) is 34.2 Å². The van der Waals surface area contributed by atoms with E-state index in [1.165, 1.54) is 0 Å². The lowest BCUT2D eigenvalue weighted by atomic mass is 10.2. The van der Waals surface area contributed by atoms with Crippen molar-refractivity contribution in [2.75, 3.05) is 19.5 Å². The first-order valence-electron chi connectivity index (χ1n) is 10.5. The Kier molecular flexibility index (Phi) is 6.02. The monoisotopic (exact) mass is 418 g/mol. The van der Waals surface area contributed by atoms with Crippen LogP contribution in [0.3, 0.4) is 0 Å². The Labute approximate surface area is 180 Å². The minimum absolute atomic E-state index is 0.250. The van der Waals surface area contributed by atoms with Gasteiger partial charge >= 0.3 is 5.97 Å². The number of para-hydroxylation sites is 2. The number of nitrogens with two attached hydrogens (primary N) is 1. The maximum atomic E-state index is 13.0. The molecule has 31 heavy (non-hydrogen) atoms. The van der Waals surface area contributed by atoms with Gasteiger partial charge in [-0.1, -0.05) is 38.3 Å². The second-order valence-corrected chi connectivity index (χ2v) is 7.37. The topological polar surface area (TPSA) is 92.3 Å². The van der Waals surface area contributed by atoms with Crippen LogP contribution in [0.4, 0.5) is 5.82 Å². The molecule has 0 saturated carbocycles. The molecule has 0 bridgehead atoms. The first-order valence-corrected chi connectivity index (χ1v) is 10.5. The van der Waals surface area contributed by atoms with Crippen molar-refractivity contribution < 1.29 is 14.3 Å². The van der Waals surface area contributed by atoms with Gasteiger partial charge in [0.25, 0.3) is 0 Å². The van der Waals surface area contributed by atoms with Crippen LogP contribution >= 0.6 is 0 Å². The molecule has 0 saturated heterocycles. The van der Waals surface area contributed by atoms with Crippen molar-refractivity contribution in [1.82, 2.24) is 14.5 Å². The summed E-state index contributed by atoms with van der Waals surface area (Å²) in [5.41, 5.74) is 9.86. The van der Waals surface area contributed by atoms with E-state index in [0.717, 1.165) is 42.6 Å². The molecule has 0 fully saturated rings. The zero-order valence-electron chi connectivity index (χ0n) is 17.8. The molecule has 0 spiro atoms. The molecular weight excluding hydrogens is 392 g/mol. The number of rotatable bonds is 8. The highest BCUT2D eigenvalue weighted by atomic mass is 16.5. The molecule has 4 rings (SSSR count). The summed E-state index contributed by atoms with van der Waals surface area (Å²) in [6, 6.07) is 14.9. The summed E-state index contributed by atoms with van der Waals surface area (Å²) < 4.78 is 12.5. The highest BCUT2D eigenvalue weighted by Crippen LogP contribution is 2.32. The van der Waals surface area contributed by atoms with Gasteiger partial charge in [0.2, 0.25) is 0 Å². The number of nitrogen functional groups attached to an aromatic ring is 1. The fourth-order valence-electron chi connectivity index (χ4n) is 3.62. The first-order chi connectivity index (χ1) is 15.1. The number of ether oxygens (including phenoxy) is 2. The van der Waals surface area contributed by atoms with E-state index >= 15 is 0 Å². The molecule has 2 aromatic heterocycles. The number of hydrogen-bond donors (Lipinski definition) is 1. The number of fused-ring (bicyclic) bond motifs is 2. The molecular formula is C24H26N4O3. The summed E-state index contributed by atoms with van der Waals surface area (Å²) in [7, 11) is 1.61. The number of benzene rings is 2. The molecule has 0 aliphatic heterocycles. The fraction of sp³-hybridized carbons (Fsp3) is 0.292. The Morgan fingerprint density at radius 2 is 1.71 bits per heavy atom. The molecule has 2 aromatic carbocycles. The van der Waals surface area contributed by atoms with Gasteiger partial charge in [0.05, 0.1) is 24.8 Å². The molecule has 7 nitrogen and oxygen atoms in total. The predicted octanol–water partition coefficient (Wildman–Crippen LogP) is 4.90. The van der Waals surface area contributed by atoms with E-state index in [4.69, 9.17) is 25.2 Å². The standard InChI is InChI=1S/C24H26N4O3/c1-3-4-5-8-15-31-24(29)20-21-23(27-19-10-7-6-9-18(19)26-21)28(22(20)25)16-11-13-17(30-2)14-12-16/h6-7,9-14H,3-5,8,15,25H2,1-2H3. The van der Waals surface area contributed by atoms with Crippen LogP contribution in [-0.2, 0) is 4.74 Å². The van der Waals surface area contributed by atoms with E-state index in [-0.39, 0.29) is 11.4 Å². The minimum atomic E-state index is -0.476. The molecule has 0 unspecified atom stereocenters. The lowest BCUT2D eigenvalue weighted by Gasteiger charge is -2.09. The van der Waals surface area contributed by atoms with E-state index in [2.05, 4.69) is 6.92 Å². The van der Waals surface area contributed by atoms with Crippen LogP contribution in [0.5, 0.6) is 5.75 Å². The Bertz CT molecular complexity index is 1220. The summed E-state index contributed by atoms with van der Waals surface area (Å²) in [5.74, 6) is 0.506. The second-order valence-electron chi connectivity index (χ2n) is 7.37. The van der Waals surface area contributed by atoms with Crippen molar-refractivity contribution in [3.63, 3.8) is 0 Å². The number of methoxy groups -OCH3 is 1. The number of nitrogens with zero attached hydrogens (tertiary/aromatic N) is 3. The summed E-state index contributed by atoms with van der Waals surface area (Å²) in [5, 5.41) is 0. The van der Waals surface area contributed by atoms with E-state index in [0.29, 0.717) is 23.3 Å². The molecule has 0 radical (unpaired) electrons. The second kappa shape index (κ2) is 9.04. The van der Waals surface area contributed by atoms with Crippen LogP contribution in [0.15, 0.2) is 48.5 Å². The van der Waals surface area contributed by atoms with Crippen LogP contribution < -0.4 is 10.5 Å². The zero-order chi connectivity index (χ0) is 21.8. The van der Waals surface area contributed by atoms with Gasteiger partial charge in [-0.25, -0.2) is 14.8 Å². The molecule has 0 aliphatic carbocycles. The lowest BCUT2D eigenvalue weighted by molar-refractivity contribution is 0.0501. The Morgan fingerprint density at radius 1 is 1.00 bits per heavy atom. The van der Waals surface area contributed by atoms with Crippen LogP contribution in [0.1, 0.15) is 43.0 Å². The third-order valence-corrected chi connectivity index (χ3v) is 5.26. The average molecular weight is 418 g/mol. The van der Waals surface area contributed by atoms with Crippen molar-refractivity contribution in [2.45, 2.75) is 32.6 Å². The predicted molar refractivity (Wildman–Crippen MR) is 122 cm³/mol. The largest absolute Gasteiger partial charge is 0.497 e. The SMILES string of the molecule is CCCCCCOC(=O)c1c(N)n(-c2ccc(OC)cc2)c2nc3ccccc3nc12. The van der Waals surface area contributed by atoms with Gasteiger partial charge < -0.3 is 15.2 Å². The number of unbranched alkanes of at least 4 members (excludes halogenated alkanes) is 3. The van der Waals surface area contributed by atoms with Crippen molar-refractivity contribution >= 4 is 34.0 Å². The third-order valence-electron chi connectivity index (χ3n) is 5.26. The number of aromatic nitrogens is 3. The molecule has 7 heteroatoms. The van der Waals surface area contributed by atoms with Crippen LogP contribution in [0.2, 0.25) is 0 Å². The first kappa shape index (κ1) is 20.7. The van der Waals surface area contributed by atoms with Gasteiger partial charge in [0.15, 0.2) is 5.65 Å². The van der Waals surface area contributed by atoms with Gasteiger partial charge in [0.1, 0.15) is 22.6 Å². The maximum Gasteiger partial charge on any atom is 0.344 e. The summed E-state index contributed by atoms with van der Waals surface area (Å²) in [4.78, 5) is 22.5. The van der Waals surface area contributed by atoms with Gasteiger partial charge in [-0.3, -0.25) is 4.57 Å². The van der Waals surface area contributed by atoms with Gasteiger partial charge in [-0.15, -0.1) is 0 Å². The minimum Gasteiger partial charge on any atom is -0.497 e. The highest BCUT2D eigenvalue weighted by Gasteiger charge is 2.25.